The van der Waals surface area contributed by atoms with Crippen LogP contribution in [0.1, 0.15) is 64.0 Å². The van der Waals surface area contributed by atoms with Gasteiger partial charge < -0.3 is 10.1 Å². The zero-order chi connectivity index (χ0) is 24.8. The van der Waals surface area contributed by atoms with E-state index in [0.717, 1.165) is 31.2 Å². The topological polar surface area (TPSA) is 75.7 Å². The molecule has 1 N–H and O–H groups in total. The quantitative estimate of drug-likeness (QED) is 0.529. The minimum absolute atomic E-state index is 0.00964. The number of nitrogens with one attached hydrogen (secondary N) is 1. The Hall–Kier alpha value is -2.38. The summed E-state index contributed by atoms with van der Waals surface area (Å²) in [7, 11) is -1.98. The molecule has 1 heterocycles. The molecule has 0 bridgehead atoms. The molecule has 186 valence electrons. The standard InChI is InChI=1S/C27H38N2O4S/c1-21(20-27(2,3)23-11-7-5-8-12-23)28-26(30)16-13-22-19-24(14-15-25(22)33-4)34(31,32)29-17-9-6-10-18-29/h5,7-8,11-12,14-15,19,21H,6,9-10,13,16-18,20H2,1-4H3,(H,28,30)/t21-/m1/s1. The summed E-state index contributed by atoms with van der Waals surface area (Å²) in [6.07, 6.45) is 4.34. The van der Waals surface area contributed by atoms with Crippen LogP contribution in [0.25, 0.3) is 0 Å². The first kappa shape index (κ1) is 26.2. The summed E-state index contributed by atoms with van der Waals surface area (Å²) < 4.78 is 33.2. The van der Waals surface area contributed by atoms with Crippen molar-refractivity contribution >= 4 is 15.9 Å². The van der Waals surface area contributed by atoms with Crippen molar-refractivity contribution in [1.82, 2.24) is 9.62 Å². The fourth-order valence-electron chi connectivity index (χ4n) is 4.78. The maximum atomic E-state index is 13.1. The van der Waals surface area contributed by atoms with Crippen molar-refractivity contribution < 1.29 is 17.9 Å². The van der Waals surface area contributed by atoms with Crippen LogP contribution >= 0.6 is 0 Å². The molecule has 0 radical (unpaired) electrons. The molecule has 1 aliphatic heterocycles. The van der Waals surface area contributed by atoms with Crippen molar-refractivity contribution in [2.24, 2.45) is 0 Å². The van der Waals surface area contributed by atoms with Crippen molar-refractivity contribution in [2.75, 3.05) is 20.2 Å². The van der Waals surface area contributed by atoms with Gasteiger partial charge in [-0.3, -0.25) is 4.79 Å². The fraction of sp³-hybridized carbons (Fsp3) is 0.519. The van der Waals surface area contributed by atoms with E-state index in [1.54, 1.807) is 29.6 Å². The molecule has 2 aromatic carbocycles. The minimum atomic E-state index is -3.54. The van der Waals surface area contributed by atoms with Gasteiger partial charge in [0.05, 0.1) is 12.0 Å². The van der Waals surface area contributed by atoms with Crippen LogP contribution in [0.3, 0.4) is 0 Å². The first-order valence-corrected chi connectivity index (χ1v) is 13.6. The maximum Gasteiger partial charge on any atom is 0.243 e. The lowest BCUT2D eigenvalue weighted by Gasteiger charge is -2.29. The number of nitrogens with zero attached hydrogens (tertiary/aromatic N) is 1. The minimum Gasteiger partial charge on any atom is -0.496 e. The third-order valence-electron chi connectivity index (χ3n) is 6.61. The molecule has 6 nitrogen and oxygen atoms in total. The second-order valence-electron chi connectivity index (χ2n) is 9.86. The molecule has 0 saturated carbocycles. The third-order valence-corrected chi connectivity index (χ3v) is 8.50. The summed E-state index contributed by atoms with van der Waals surface area (Å²) in [4.78, 5) is 13.0. The average molecular weight is 487 g/mol. The van der Waals surface area contributed by atoms with Crippen LogP contribution in [0.4, 0.5) is 0 Å². The number of amides is 1. The maximum absolute atomic E-state index is 13.1. The first-order chi connectivity index (χ1) is 16.1. The summed E-state index contributed by atoms with van der Waals surface area (Å²) in [6.45, 7) is 7.51. The average Bonchev–Trinajstić information content (AvgIpc) is 2.83. The van der Waals surface area contributed by atoms with E-state index >= 15 is 0 Å². The molecule has 0 aliphatic carbocycles. The van der Waals surface area contributed by atoms with Gasteiger partial charge in [-0.25, -0.2) is 8.42 Å². The Kier molecular flexibility index (Phi) is 8.77. The molecule has 34 heavy (non-hydrogen) atoms. The van der Waals surface area contributed by atoms with E-state index in [1.807, 2.05) is 25.1 Å². The molecule has 2 aromatic rings. The highest BCUT2D eigenvalue weighted by molar-refractivity contribution is 7.89. The van der Waals surface area contributed by atoms with E-state index in [2.05, 4.69) is 31.3 Å². The molecule has 1 saturated heterocycles. The van der Waals surface area contributed by atoms with Gasteiger partial charge in [-0.05, 0) is 67.3 Å². The number of aryl methyl sites for hydroxylation is 1. The van der Waals surface area contributed by atoms with Gasteiger partial charge in [0.2, 0.25) is 15.9 Å². The summed E-state index contributed by atoms with van der Waals surface area (Å²) in [5, 5.41) is 3.10. The van der Waals surface area contributed by atoms with Gasteiger partial charge in [0.25, 0.3) is 0 Å². The Bertz CT molecular complexity index is 1060. The van der Waals surface area contributed by atoms with Crippen LogP contribution in [0, 0.1) is 0 Å². The van der Waals surface area contributed by atoms with Gasteiger partial charge in [-0.2, -0.15) is 4.31 Å². The number of rotatable bonds is 10. The number of carbonyl (C=O) groups is 1. The number of methoxy groups -OCH3 is 1. The Labute approximate surface area is 204 Å². The summed E-state index contributed by atoms with van der Waals surface area (Å²) in [5.41, 5.74) is 1.91. The second kappa shape index (κ2) is 11.4. The van der Waals surface area contributed by atoms with Crippen molar-refractivity contribution in [3.63, 3.8) is 0 Å². The predicted molar refractivity (Wildman–Crippen MR) is 136 cm³/mol. The first-order valence-electron chi connectivity index (χ1n) is 12.2. The van der Waals surface area contributed by atoms with Gasteiger partial charge in [0.15, 0.2) is 0 Å². The van der Waals surface area contributed by atoms with E-state index in [4.69, 9.17) is 4.74 Å². The van der Waals surface area contributed by atoms with Gasteiger partial charge in [0.1, 0.15) is 5.75 Å². The number of sulfonamides is 1. The SMILES string of the molecule is COc1ccc(S(=O)(=O)N2CCCCC2)cc1CCC(=O)N[C@H](C)CC(C)(C)c1ccccc1. The summed E-state index contributed by atoms with van der Waals surface area (Å²) in [5.74, 6) is 0.548. The van der Waals surface area contributed by atoms with Crippen molar-refractivity contribution in [3.05, 3.63) is 59.7 Å². The number of benzene rings is 2. The van der Waals surface area contributed by atoms with Gasteiger partial charge in [-0.1, -0.05) is 50.6 Å². The largest absolute Gasteiger partial charge is 0.496 e. The molecule has 1 fully saturated rings. The number of hydrogen-bond acceptors (Lipinski definition) is 4. The summed E-state index contributed by atoms with van der Waals surface area (Å²) >= 11 is 0. The number of carbonyl (C=O) groups excluding carboxylic acids is 1. The van der Waals surface area contributed by atoms with E-state index in [0.29, 0.717) is 25.3 Å². The number of piperidine rings is 1. The second-order valence-corrected chi connectivity index (χ2v) is 11.8. The molecular weight excluding hydrogens is 448 g/mol. The third kappa shape index (κ3) is 6.60. The Morgan fingerprint density at radius 3 is 2.41 bits per heavy atom. The Morgan fingerprint density at radius 2 is 1.76 bits per heavy atom. The lowest BCUT2D eigenvalue weighted by atomic mass is 9.79. The summed E-state index contributed by atoms with van der Waals surface area (Å²) in [6, 6.07) is 15.3. The van der Waals surface area contributed by atoms with Crippen LogP contribution < -0.4 is 10.1 Å². The van der Waals surface area contributed by atoms with Crippen LogP contribution in [-0.4, -0.2) is 44.9 Å². The highest BCUT2D eigenvalue weighted by Gasteiger charge is 2.27. The Balaban J connectivity index is 1.62. The van der Waals surface area contributed by atoms with E-state index < -0.39 is 10.0 Å². The number of ether oxygens (including phenoxy) is 1. The molecule has 1 aliphatic rings. The molecule has 0 unspecified atom stereocenters. The molecular formula is C27H38N2O4S. The normalized spacial score (nSPS) is 16.1. The molecule has 7 heteroatoms. The molecule has 1 amide bonds. The van der Waals surface area contributed by atoms with Gasteiger partial charge in [0, 0.05) is 25.6 Å². The highest BCUT2D eigenvalue weighted by atomic mass is 32.2. The predicted octanol–water partition coefficient (Wildman–Crippen LogP) is 4.68. The van der Waals surface area contributed by atoms with E-state index in [9.17, 15) is 13.2 Å². The molecule has 1 atom stereocenters. The van der Waals surface area contributed by atoms with Crippen LogP contribution in [-0.2, 0) is 26.7 Å². The number of hydrogen-bond donors (Lipinski definition) is 1. The van der Waals surface area contributed by atoms with Gasteiger partial charge in [-0.15, -0.1) is 0 Å². The van der Waals surface area contributed by atoms with Crippen molar-refractivity contribution in [2.45, 2.75) is 75.6 Å². The van der Waals surface area contributed by atoms with Crippen LogP contribution in [0.5, 0.6) is 5.75 Å². The lowest BCUT2D eigenvalue weighted by molar-refractivity contribution is -0.121. The van der Waals surface area contributed by atoms with Crippen molar-refractivity contribution in [3.8, 4) is 5.75 Å². The van der Waals surface area contributed by atoms with Crippen LogP contribution in [0.2, 0.25) is 0 Å². The molecule has 3 rings (SSSR count). The zero-order valence-corrected chi connectivity index (χ0v) is 21.7. The van der Waals surface area contributed by atoms with Crippen molar-refractivity contribution in [1.29, 1.82) is 0 Å². The smallest absolute Gasteiger partial charge is 0.243 e. The highest BCUT2D eigenvalue weighted by Crippen LogP contribution is 2.29. The van der Waals surface area contributed by atoms with E-state index in [1.165, 1.54) is 5.56 Å². The Morgan fingerprint density at radius 1 is 1.09 bits per heavy atom. The molecule has 0 aromatic heterocycles. The monoisotopic (exact) mass is 486 g/mol. The van der Waals surface area contributed by atoms with E-state index in [-0.39, 0.29) is 28.7 Å². The lowest BCUT2D eigenvalue weighted by Crippen LogP contribution is -2.37. The fourth-order valence-corrected chi connectivity index (χ4v) is 6.35. The zero-order valence-electron chi connectivity index (χ0n) is 20.8. The van der Waals surface area contributed by atoms with Crippen LogP contribution in [0.15, 0.2) is 53.4 Å². The molecule has 0 spiro atoms. The van der Waals surface area contributed by atoms with Gasteiger partial charge >= 0.3 is 0 Å².